The summed E-state index contributed by atoms with van der Waals surface area (Å²) in [6.45, 7) is 3.31. The van der Waals surface area contributed by atoms with Crippen molar-refractivity contribution in [3.8, 4) is 0 Å². The van der Waals surface area contributed by atoms with Gasteiger partial charge in [-0.05, 0) is 12.1 Å². The van der Waals surface area contributed by atoms with E-state index >= 15 is 0 Å². The summed E-state index contributed by atoms with van der Waals surface area (Å²) in [5.41, 5.74) is 0. The van der Waals surface area contributed by atoms with E-state index in [4.69, 9.17) is 0 Å². The maximum Gasteiger partial charge on any atom is 0.240 e. The average molecular weight is 191 g/mol. The van der Waals surface area contributed by atoms with Crippen molar-refractivity contribution < 1.29 is 8.39 Å². The molecule has 0 spiro atoms. The van der Waals surface area contributed by atoms with Crippen LogP contribution in [-0.2, 0) is 15.3 Å². The van der Waals surface area contributed by atoms with E-state index in [-0.39, 0.29) is 29.6 Å². The summed E-state index contributed by atoms with van der Waals surface area (Å²) in [4.78, 5) is 0.646. The first-order valence-electron chi connectivity index (χ1n) is 3.09. The first-order chi connectivity index (χ1) is 5.34. The number of rotatable bonds is 3. The Labute approximate surface area is 96.6 Å². The van der Waals surface area contributed by atoms with Crippen molar-refractivity contribution in [3.05, 3.63) is 43.2 Å². The molecule has 1 radical (unpaired) electrons. The fraction of sp³-hybridized carbons (Fsp3) is 0. The molecule has 0 amide bonds. The summed E-state index contributed by atoms with van der Waals surface area (Å²) in [6.07, 6.45) is 1.17. The Bertz CT molecular complexity index is 261. The van der Waals surface area contributed by atoms with E-state index in [0.717, 1.165) is 0 Å². The fourth-order valence-electron chi connectivity index (χ4n) is 0.649. The third-order valence-electron chi connectivity index (χ3n) is 1.09. The fourth-order valence-corrected chi connectivity index (χ4v) is 1.26. The van der Waals surface area contributed by atoms with E-state index in [2.05, 4.69) is 10.8 Å². The van der Waals surface area contributed by atoms with Gasteiger partial charge >= 0.3 is 0 Å². The normalized spacial score (nSPS) is 11.0. The second-order valence-corrected chi connectivity index (χ2v) is 2.94. The van der Waals surface area contributed by atoms with Crippen LogP contribution in [0.5, 0.6) is 0 Å². The van der Waals surface area contributed by atoms with Crippen LogP contribution in [0.2, 0.25) is 0 Å². The molecule has 0 N–H and O–H groups in total. The van der Waals surface area contributed by atoms with Gasteiger partial charge in [-0.2, -0.15) is 0 Å². The molecule has 59 valence electrons. The van der Waals surface area contributed by atoms with E-state index in [1.54, 1.807) is 24.3 Å². The molecule has 0 heterocycles. The summed E-state index contributed by atoms with van der Waals surface area (Å²) < 4.78 is 15.7. The molecular weight excluding hydrogens is 183 g/mol. The zero-order chi connectivity index (χ0) is 8.10. The Kier molecular flexibility index (Phi) is 6.38. The van der Waals surface area contributed by atoms with Crippen LogP contribution >= 0.6 is 0 Å². The van der Waals surface area contributed by atoms with E-state index in [0.29, 0.717) is 4.90 Å². The minimum Gasteiger partial charge on any atom is -0.406 e. The Hall–Kier alpha value is -0.0900. The molecule has 12 heavy (non-hydrogen) atoms. The SMILES string of the molecule is C=COS(=O)c1ccccc1.[Na]. The molecule has 2 nitrogen and oxygen atoms in total. The smallest absolute Gasteiger partial charge is 0.240 e. The Morgan fingerprint density at radius 3 is 2.42 bits per heavy atom. The molecular formula is C8H8NaO2S. The minimum atomic E-state index is -1.40. The largest absolute Gasteiger partial charge is 0.406 e. The van der Waals surface area contributed by atoms with Crippen LogP contribution in [0.15, 0.2) is 48.1 Å². The van der Waals surface area contributed by atoms with Gasteiger partial charge in [0.15, 0.2) is 0 Å². The van der Waals surface area contributed by atoms with Crippen molar-refractivity contribution >= 4 is 40.6 Å². The molecule has 1 aromatic rings. The van der Waals surface area contributed by atoms with Gasteiger partial charge in [0.1, 0.15) is 0 Å². The summed E-state index contributed by atoms with van der Waals surface area (Å²) in [6, 6.07) is 8.94. The Balaban J connectivity index is 0.00000121. The second kappa shape index (κ2) is 6.43. The van der Waals surface area contributed by atoms with E-state index in [9.17, 15) is 4.21 Å². The van der Waals surface area contributed by atoms with Crippen LogP contribution in [0, 0.1) is 0 Å². The van der Waals surface area contributed by atoms with E-state index < -0.39 is 11.1 Å². The van der Waals surface area contributed by atoms with Gasteiger partial charge in [-0.3, -0.25) is 0 Å². The minimum absolute atomic E-state index is 0. The molecule has 0 aromatic heterocycles. The van der Waals surface area contributed by atoms with Crippen molar-refractivity contribution in [1.82, 2.24) is 0 Å². The van der Waals surface area contributed by atoms with Gasteiger partial charge in [0.05, 0.1) is 11.2 Å². The summed E-state index contributed by atoms with van der Waals surface area (Å²) in [5, 5.41) is 0. The van der Waals surface area contributed by atoms with Gasteiger partial charge in [0, 0.05) is 29.6 Å². The van der Waals surface area contributed by atoms with E-state index in [1.165, 1.54) is 6.26 Å². The van der Waals surface area contributed by atoms with Crippen molar-refractivity contribution in [3.63, 3.8) is 0 Å². The number of hydrogen-bond donors (Lipinski definition) is 0. The van der Waals surface area contributed by atoms with Gasteiger partial charge < -0.3 is 4.18 Å². The zero-order valence-corrected chi connectivity index (χ0v) is 9.71. The first kappa shape index (κ1) is 11.9. The molecule has 0 saturated heterocycles. The first-order valence-corrected chi connectivity index (χ1v) is 4.17. The van der Waals surface area contributed by atoms with Crippen LogP contribution in [0.4, 0.5) is 0 Å². The molecule has 0 saturated carbocycles. The summed E-state index contributed by atoms with van der Waals surface area (Å²) in [7, 11) is 0. The van der Waals surface area contributed by atoms with Gasteiger partial charge in [0.25, 0.3) is 0 Å². The zero-order valence-electron chi connectivity index (χ0n) is 6.90. The Morgan fingerprint density at radius 2 is 1.92 bits per heavy atom. The van der Waals surface area contributed by atoms with Crippen LogP contribution in [0.3, 0.4) is 0 Å². The maximum atomic E-state index is 11.1. The standard InChI is InChI=1S/C8H8O2S.Na/c1-2-10-11(9)8-6-4-3-5-7-8;/h2-7H,1H2;. The van der Waals surface area contributed by atoms with Crippen LogP contribution in [0.1, 0.15) is 0 Å². The van der Waals surface area contributed by atoms with Gasteiger partial charge in [0.2, 0.25) is 11.1 Å². The third-order valence-corrected chi connectivity index (χ3v) is 2.06. The topological polar surface area (TPSA) is 26.3 Å². The van der Waals surface area contributed by atoms with Gasteiger partial charge in [-0.15, -0.1) is 0 Å². The van der Waals surface area contributed by atoms with Gasteiger partial charge in [-0.1, -0.05) is 24.8 Å². The molecule has 0 aliphatic rings. The van der Waals surface area contributed by atoms with Gasteiger partial charge in [-0.25, -0.2) is 4.21 Å². The van der Waals surface area contributed by atoms with Crippen LogP contribution < -0.4 is 0 Å². The quantitative estimate of drug-likeness (QED) is 0.534. The predicted octanol–water partition coefficient (Wildman–Crippen LogP) is 1.49. The number of hydrogen-bond acceptors (Lipinski definition) is 2. The predicted molar refractivity (Wildman–Crippen MR) is 49.9 cm³/mol. The van der Waals surface area contributed by atoms with Crippen LogP contribution in [-0.4, -0.2) is 33.8 Å². The molecule has 4 heteroatoms. The van der Waals surface area contributed by atoms with Crippen molar-refractivity contribution in [2.24, 2.45) is 0 Å². The third kappa shape index (κ3) is 3.54. The molecule has 0 fully saturated rings. The van der Waals surface area contributed by atoms with Crippen molar-refractivity contribution in [2.45, 2.75) is 4.90 Å². The number of benzene rings is 1. The van der Waals surface area contributed by atoms with Crippen molar-refractivity contribution in [1.29, 1.82) is 0 Å². The summed E-state index contributed by atoms with van der Waals surface area (Å²) in [5.74, 6) is 0. The molecule has 1 aromatic carbocycles. The average Bonchev–Trinajstić information content (AvgIpc) is 2.07. The van der Waals surface area contributed by atoms with Crippen LogP contribution in [0.25, 0.3) is 0 Å². The molecule has 1 atom stereocenters. The summed E-state index contributed by atoms with van der Waals surface area (Å²) >= 11 is -1.40. The second-order valence-electron chi connectivity index (χ2n) is 1.81. The molecule has 1 unspecified atom stereocenters. The molecule has 0 aliphatic carbocycles. The monoisotopic (exact) mass is 191 g/mol. The molecule has 1 rings (SSSR count). The molecule has 0 bridgehead atoms. The van der Waals surface area contributed by atoms with E-state index in [1.807, 2.05) is 6.07 Å². The molecule has 0 aliphatic heterocycles. The maximum absolute atomic E-state index is 11.1. The Morgan fingerprint density at radius 1 is 1.33 bits per heavy atom. The van der Waals surface area contributed by atoms with Crippen molar-refractivity contribution in [2.75, 3.05) is 0 Å².